The molecule has 0 saturated heterocycles. The van der Waals surface area contributed by atoms with Crippen molar-refractivity contribution < 1.29 is 14.6 Å². The lowest BCUT2D eigenvalue weighted by atomic mass is 10.1. The van der Waals surface area contributed by atoms with E-state index in [2.05, 4.69) is 5.32 Å². The van der Waals surface area contributed by atoms with E-state index in [1.54, 1.807) is 4.90 Å². The van der Waals surface area contributed by atoms with Gasteiger partial charge in [-0.2, -0.15) is 0 Å². The normalized spacial score (nSPS) is 12.2. The maximum atomic E-state index is 12.3. The summed E-state index contributed by atoms with van der Waals surface area (Å²) < 4.78 is 5.73. The number of carbonyl (C=O) groups is 1. The first-order valence-electron chi connectivity index (χ1n) is 9.76. The number of amides is 1. The Balaban J connectivity index is 1.47. The zero-order valence-corrected chi connectivity index (χ0v) is 17.2. The molecule has 1 unspecified atom stereocenters. The topological polar surface area (TPSA) is 61.8 Å². The number of hydrogen-bond acceptors (Lipinski definition) is 4. The van der Waals surface area contributed by atoms with Crippen LogP contribution in [0.15, 0.2) is 60.7 Å². The summed E-state index contributed by atoms with van der Waals surface area (Å²) in [6.45, 7) is 4.65. The Morgan fingerprint density at radius 3 is 2.45 bits per heavy atom. The molecule has 0 bridgehead atoms. The van der Waals surface area contributed by atoms with Crippen LogP contribution in [0.25, 0.3) is 10.8 Å². The second kappa shape index (κ2) is 9.54. The SMILES string of the molecule is Cc1cccc(C)c1NC(=O)CN(C)CC(O)COc1ccc2ccccc2c1. The minimum Gasteiger partial charge on any atom is -0.491 e. The van der Waals surface area contributed by atoms with Crippen LogP contribution in [-0.4, -0.2) is 48.8 Å². The highest BCUT2D eigenvalue weighted by molar-refractivity contribution is 5.93. The number of benzene rings is 3. The molecule has 0 aliphatic rings. The van der Waals surface area contributed by atoms with E-state index < -0.39 is 6.10 Å². The molecule has 3 rings (SSSR count). The number of aliphatic hydroxyl groups excluding tert-OH is 1. The fourth-order valence-corrected chi connectivity index (χ4v) is 3.36. The van der Waals surface area contributed by atoms with Crippen molar-refractivity contribution in [1.82, 2.24) is 4.90 Å². The van der Waals surface area contributed by atoms with Crippen molar-refractivity contribution in [2.24, 2.45) is 0 Å². The highest BCUT2D eigenvalue weighted by Crippen LogP contribution is 2.21. The lowest BCUT2D eigenvalue weighted by Gasteiger charge is -2.21. The van der Waals surface area contributed by atoms with Gasteiger partial charge in [-0.25, -0.2) is 0 Å². The number of fused-ring (bicyclic) bond motifs is 1. The standard InChI is InChI=1S/C24H28N2O3/c1-17-7-6-8-18(2)24(17)25-23(28)15-26(3)14-21(27)16-29-22-12-11-19-9-4-5-10-20(19)13-22/h4-13,21,27H,14-16H2,1-3H3,(H,25,28). The minimum absolute atomic E-state index is 0.104. The van der Waals surface area contributed by atoms with E-state index in [0.717, 1.165) is 33.3 Å². The molecular weight excluding hydrogens is 364 g/mol. The third-order valence-electron chi connectivity index (χ3n) is 4.84. The average Bonchev–Trinajstić information content (AvgIpc) is 2.69. The zero-order valence-electron chi connectivity index (χ0n) is 17.2. The van der Waals surface area contributed by atoms with E-state index in [0.29, 0.717) is 6.54 Å². The molecule has 152 valence electrons. The Hall–Kier alpha value is -2.89. The number of nitrogens with one attached hydrogen (secondary N) is 1. The van der Waals surface area contributed by atoms with Crippen LogP contribution in [0.4, 0.5) is 5.69 Å². The van der Waals surface area contributed by atoms with Gasteiger partial charge >= 0.3 is 0 Å². The first kappa shape index (κ1) is 20.8. The molecule has 3 aromatic rings. The van der Waals surface area contributed by atoms with Crippen LogP contribution in [0.2, 0.25) is 0 Å². The Labute approximate surface area is 171 Å². The molecule has 0 spiro atoms. The third kappa shape index (κ3) is 5.79. The highest BCUT2D eigenvalue weighted by atomic mass is 16.5. The van der Waals surface area contributed by atoms with Gasteiger partial charge < -0.3 is 15.2 Å². The molecule has 5 heteroatoms. The van der Waals surface area contributed by atoms with Crippen LogP contribution in [0.3, 0.4) is 0 Å². The largest absolute Gasteiger partial charge is 0.491 e. The predicted molar refractivity (Wildman–Crippen MR) is 117 cm³/mol. The van der Waals surface area contributed by atoms with Crippen LogP contribution in [-0.2, 0) is 4.79 Å². The van der Waals surface area contributed by atoms with E-state index >= 15 is 0 Å². The van der Waals surface area contributed by atoms with Crippen molar-refractivity contribution in [1.29, 1.82) is 0 Å². The Kier molecular flexibility index (Phi) is 6.86. The van der Waals surface area contributed by atoms with Gasteiger partial charge in [0.15, 0.2) is 0 Å². The van der Waals surface area contributed by atoms with Gasteiger partial charge in [0.05, 0.1) is 6.54 Å². The van der Waals surface area contributed by atoms with Crippen LogP contribution in [0.5, 0.6) is 5.75 Å². The monoisotopic (exact) mass is 392 g/mol. The first-order chi connectivity index (χ1) is 13.9. The van der Waals surface area contributed by atoms with Crippen LogP contribution < -0.4 is 10.1 Å². The first-order valence-corrected chi connectivity index (χ1v) is 9.76. The summed E-state index contributed by atoms with van der Waals surface area (Å²) in [5.74, 6) is 0.616. The summed E-state index contributed by atoms with van der Waals surface area (Å²) in [7, 11) is 1.81. The molecule has 29 heavy (non-hydrogen) atoms. The smallest absolute Gasteiger partial charge is 0.238 e. The fraction of sp³-hybridized carbons (Fsp3) is 0.292. The van der Waals surface area contributed by atoms with Crippen molar-refractivity contribution in [2.75, 3.05) is 32.1 Å². The molecule has 1 amide bonds. The average molecular weight is 392 g/mol. The molecule has 0 heterocycles. The third-order valence-corrected chi connectivity index (χ3v) is 4.84. The molecule has 2 N–H and O–H groups in total. The van der Waals surface area contributed by atoms with Gasteiger partial charge in [-0.05, 0) is 54.9 Å². The fourth-order valence-electron chi connectivity index (χ4n) is 3.36. The maximum absolute atomic E-state index is 12.3. The minimum atomic E-state index is -0.695. The Bertz CT molecular complexity index is 967. The summed E-state index contributed by atoms with van der Waals surface area (Å²) >= 11 is 0. The van der Waals surface area contributed by atoms with Crippen molar-refractivity contribution in [2.45, 2.75) is 20.0 Å². The van der Waals surface area contributed by atoms with Gasteiger partial charge in [0.2, 0.25) is 5.91 Å². The van der Waals surface area contributed by atoms with E-state index in [4.69, 9.17) is 4.74 Å². The Morgan fingerprint density at radius 2 is 1.72 bits per heavy atom. The van der Waals surface area contributed by atoms with Crippen molar-refractivity contribution >= 4 is 22.4 Å². The number of aryl methyl sites for hydroxylation is 2. The molecule has 5 nitrogen and oxygen atoms in total. The molecular formula is C24H28N2O3. The molecule has 3 aromatic carbocycles. The molecule has 0 saturated carbocycles. The van der Waals surface area contributed by atoms with E-state index in [1.807, 2.05) is 81.6 Å². The van der Waals surface area contributed by atoms with Gasteiger partial charge in [0.25, 0.3) is 0 Å². The van der Waals surface area contributed by atoms with Crippen LogP contribution in [0.1, 0.15) is 11.1 Å². The Morgan fingerprint density at radius 1 is 1.03 bits per heavy atom. The van der Waals surface area contributed by atoms with Gasteiger partial charge in [-0.1, -0.05) is 48.5 Å². The number of ether oxygens (including phenoxy) is 1. The molecule has 0 aliphatic carbocycles. The molecule has 0 fully saturated rings. The molecule has 0 radical (unpaired) electrons. The van der Waals surface area contributed by atoms with Gasteiger partial charge in [-0.15, -0.1) is 0 Å². The second-order valence-electron chi connectivity index (χ2n) is 7.49. The van der Waals surface area contributed by atoms with Gasteiger partial charge in [0.1, 0.15) is 18.5 Å². The number of rotatable bonds is 8. The predicted octanol–water partition coefficient (Wildman–Crippen LogP) is 3.77. The van der Waals surface area contributed by atoms with Crippen molar-refractivity contribution in [3.05, 3.63) is 71.8 Å². The van der Waals surface area contributed by atoms with E-state index in [1.165, 1.54) is 0 Å². The number of aliphatic hydroxyl groups is 1. The number of carbonyl (C=O) groups excluding carboxylic acids is 1. The number of para-hydroxylation sites is 1. The van der Waals surface area contributed by atoms with Gasteiger partial charge in [0, 0.05) is 12.2 Å². The summed E-state index contributed by atoms with van der Waals surface area (Å²) in [5.41, 5.74) is 2.92. The quantitative estimate of drug-likeness (QED) is 0.613. The molecule has 0 aliphatic heterocycles. The number of hydrogen-bond donors (Lipinski definition) is 2. The van der Waals surface area contributed by atoms with E-state index in [9.17, 15) is 9.90 Å². The van der Waals surface area contributed by atoms with Crippen molar-refractivity contribution in [3.8, 4) is 5.75 Å². The lowest BCUT2D eigenvalue weighted by molar-refractivity contribution is -0.117. The van der Waals surface area contributed by atoms with Gasteiger partial charge in [-0.3, -0.25) is 9.69 Å². The van der Waals surface area contributed by atoms with Crippen molar-refractivity contribution in [3.63, 3.8) is 0 Å². The summed E-state index contributed by atoms with van der Waals surface area (Å²) in [5, 5.41) is 15.5. The molecule has 0 aromatic heterocycles. The van der Waals surface area contributed by atoms with E-state index in [-0.39, 0.29) is 19.1 Å². The highest BCUT2D eigenvalue weighted by Gasteiger charge is 2.14. The summed E-state index contributed by atoms with van der Waals surface area (Å²) in [6, 6.07) is 19.8. The number of nitrogens with zero attached hydrogens (tertiary/aromatic N) is 1. The summed E-state index contributed by atoms with van der Waals surface area (Å²) in [6.07, 6.45) is -0.695. The number of likely N-dealkylation sites (N-methyl/N-ethyl adjacent to an activating group) is 1. The maximum Gasteiger partial charge on any atom is 0.238 e. The molecule has 1 atom stereocenters. The lowest BCUT2D eigenvalue weighted by Crippen LogP contribution is -2.38. The second-order valence-corrected chi connectivity index (χ2v) is 7.49. The number of anilines is 1. The summed E-state index contributed by atoms with van der Waals surface area (Å²) in [4.78, 5) is 14.1. The zero-order chi connectivity index (χ0) is 20.8. The van der Waals surface area contributed by atoms with Crippen LogP contribution >= 0.6 is 0 Å². The van der Waals surface area contributed by atoms with Crippen LogP contribution in [0, 0.1) is 13.8 Å².